The van der Waals surface area contributed by atoms with Gasteiger partial charge in [0, 0.05) is 35.8 Å². The number of hydrogen-bond acceptors (Lipinski definition) is 6. The Bertz CT molecular complexity index is 1150. The van der Waals surface area contributed by atoms with E-state index in [1.54, 1.807) is 48.7 Å². The van der Waals surface area contributed by atoms with Gasteiger partial charge in [0.15, 0.2) is 11.5 Å². The van der Waals surface area contributed by atoms with E-state index in [-0.39, 0.29) is 17.9 Å². The molecule has 3 aromatic rings. The van der Waals surface area contributed by atoms with Crippen molar-refractivity contribution < 1.29 is 23.8 Å². The SMILES string of the molecule is COCCOc1cc(NC(=O)C2CCC(=O)N(c3ccc(C)cc3)C2c2cccs2)ccc1OC. The molecule has 184 valence electrons. The molecule has 1 saturated heterocycles. The highest BCUT2D eigenvalue weighted by atomic mass is 32.1. The molecule has 0 bridgehead atoms. The van der Waals surface area contributed by atoms with Gasteiger partial charge in [0.2, 0.25) is 11.8 Å². The number of aryl methyl sites for hydroxylation is 1. The summed E-state index contributed by atoms with van der Waals surface area (Å²) in [5.74, 6) is 0.574. The van der Waals surface area contributed by atoms with E-state index in [9.17, 15) is 9.59 Å². The van der Waals surface area contributed by atoms with Crippen molar-refractivity contribution in [3.05, 3.63) is 70.4 Å². The lowest BCUT2D eigenvalue weighted by molar-refractivity contribution is -0.125. The zero-order valence-electron chi connectivity index (χ0n) is 20.2. The molecule has 0 saturated carbocycles. The van der Waals surface area contributed by atoms with Crippen molar-refractivity contribution in [3.63, 3.8) is 0 Å². The van der Waals surface area contributed by atoms with Gasteiger partial charge in [-0.3, -0.25) is 9.59 Å². The van der Waals surface area contributed by atoms with Crippen LogP contribution in [0.3, 0.4) is 0 Å². The number of ether oxygens (including phenoxy) is 3. The van der Waals surface area contributed by atoms with Gasteiger partial charge in [0.25, 0.3) is 0 Å². The third kappa shape index (κ3) is 5.66. The minimum Gasteiger partial charge on any atom is -0.493 e. The van der Waals surface area contributed by atoms with Crippen molar-refractivity contribution in [1.29, 1.82) is 0 Å². The van der Waals surface area contributed by atoms with Crippen LogP contribution in [0.2, 0.25) is 0 Å². The Kier molecular flexibility index (Phi) is 8.05. The standard InChI is InChI=1S/C27H30N2O5S/c1-18-6-9-20(10-7-18)29-25(30)13-11-21(26(29)24-5-4-16-35-24)27(31)28-19-8-12-22(33-3)23(17-19)34-15-14-32-2/h4-10,12,16-17,21,26H,11,13-15H2,1-3H3,(H,28,31). The molecule has 1 aliphatic rings. The smallest absolute Gasteiger partial charge is 0.229 e. The number of rotatable bonds is 9. The van der Waals surface area contributed by atoms with Crippen molar-refractivity contribution in [1.82, 2.24) is 0 Å². The molecule has 0 aliphatic carbocycles. The van der Waals surface area contributed by atoms with Crippen LogP contribution in [0, 0.1) is 12.8 Å². The van der Waals surface area contributed by atoms with Gasteiger partial charge < -0.3 is 24.4 Å². The molecule has 0 radical (unpaired) electrons. The van der Waals surface area contributed by atoms with Crippen LogP contribution in [-0.4, -0.2) is 39.2 Å². The molecule has 8 heteroatoms. The fourth-order valence-corrected chi connectivity index (χ4v) is 5.18. The number of piperidine rings is 1. The summed E-state index contributed by atoms with van der Waals surface area (Å²) in [5, 5.41) is 5.02. The van der Waals surface area contributed by atoms with Crippen molar-refractivity contribution in [2.75, 3.05) is 37.7 Å². The number of benzene rings is 2. The summed E-state index contributed by atoms with van der Waals surface area (Å²) < 4.78 is 16.2. The van der Waals surface area contributed by atoms with Crippen LogP contribution in [0.25, 0.3) is 0 Å². The number of carbonyl (C=O) groups is 2. The van der Waals surface area contributed by atoms with Crippen LogP contribution in [0.1, 0.15) is 29.3 Å². The molecule has 4 rings (SSSR count). The first-order valence-electron chi connectivity index (χ1n) is 11.5. The van der Waals surface area contributed by atoms with Crippen LogP contribution >= 0.6 is 11.3 Å². The number of nitrogens with zero attached hydrogens (tertiary/aromatic N) is 1. The van der Waals surface area contributed by atoms with Crippen LogP contribution in [0.15, 0.2) is 60.0 Å². The Balaban J connectivity index is 1.61. The molecular weight excluding hydrogens is 464 g/mol. The second-order valence-corrected chi connectivity index (χ2v) is 9.38. The summed E-state index contributed by atoms with van der Waals surface area (Å²) in [6, 6.07) is 16.7. The lowest BCUT2D eigenvalue weighted by atomic mass is 9.86. The maximum Gasteiger partial charge on any atom is 0.229 e. The molecule has 2 unspecified atom stereocenters. The first-order chi connectivity index (χ1) is 17.0. The Morgan fingerprint density at radius 2 is 1.89 bits per heavy atom. The molecule has 1 aliphatic heterocycles. The lowest BCUT2D eigenvalue weighted by Gasteiger charge is -2.40. The Hall–Kier alpha value is -3.36. The van der Waals surface area contributed by atoms with E-state index in [0.29, 0.717) is 43.2 Å². The average Bonchev–Trinajstić information content (AvgIpc) is 3.39. The van der Waals surface area contributed by atoms with Gasteiger partial charge in [-0.15, -0.1) is 11.3 Å². The van der Waals surface area contributed by atoms with Gasteiger partial charge >= 0.3 is 0 Å². The number of nitrogens with one attached hydrogen (secondary N) is 1. The van der Waals surface area contributed by atoms with Crippen LogP contribution in [0.5, 0.6) is 11.5 Å². The lowest BCUT2D eigenvalue weighted by Crippen LogP contribution is -2.46. The fourth-order valence-electron chi connectivity index (χ4n) is 4.30. The van der Waals surface area contributed by atoms with Crippen molar-refractivity contribution in [3.8, 4) is 11.5 Å². The van der Waals surface area contributed by atoms with E-state index < -0.39 is 5.92 Å². The third-order valence-corrected chi connectivity index (χ3v) is 7.00. The summed E-state index contributed by atoms with van der Waals surface area (Å²) in [7, 11) is 3.18. The summed E-state index contributed by atoms with van der Waals surface area (Å²) in [4.78, 5) is 29.5. The summed E-state index contributed by atoms with van der Waals surface area (Å²) >= 11 is 1.56. The minimum absolute atomic E-state index is 0.0228. The maximum atomic E-state index is 13.6. The van der Waals surface area contributed by atoms with Gasteiger partial charge in [0.1, 0.15) is 6.61 Å². The number of thiophene rings is 1. The Labute approximate surface area is 209 Å². The second-order valence-electron chi connectivity index (χ2n) is 8.40. The van der Waals surface area contributed by atoms with Crippen LogP contribution < -0.4 is 19.7 Å². The highest BCUT2D eigenvalue weighted by Gasteiger charge is 2.42. The Morgan fingerprint density at radius 3 is 2.57 bits per heavy atom. The minimum atomic E-state index is -0.410. The number of hydrogen-bond donors (Lipinski definition) is 1. The van der Waals surface area contributed by atoms with Crippen LogP contribution in [-0.2, 0) is 14.3 Å². The van der Waals surface area contributed by atoms with Crippen LogP contribution in [0.4, 0.5) is 11.4 Å². The average molecular weight is 495 g/mol. The maximum absolute atomic E-state index is 13.6. The Morgan fingerprint density at radius 1 is 1.09 bits per heavy atom. The van der Waals surface area contributed by atoms with Gasteiger partial charge in [-0.25, -0.2) is 0 Å². The third-order valence-electron chi connectivity index (χ3n) is 6.06. The molecule has 2 amide bonds. The molecule has 0 spiro atoms. The quantitative estimate of drug-likeness (QED) is 0.413. The summed E-state index contributed by atoms with van der Waals surface area (Å²) in [5.41, 5.74) is 2.52. The highest BCUT2D eigenvalue weighted by Crippen LogP contribution is 2.42. The van der Waals surface area contributed by atoms with Crippen molar-refractivity contribution >= 4 is 34.5 Å². The van der Waals surface area contributed by atoms with Gasteiger partial charge in [-0.2, -0.15) is 0 Å². The fraction of sp³-hybridized carbons (Fsp3) is 0.333. The first kappa shape index (κ1) is 24.8. The van der Waals surface area contributed by atoms with Crippen molar-refractivity contribution in [2.24, 2.45) is 5.92 Å². The number of carbonyl (C=O) groups excluding carboxylic acids is 2. The normalized spacial score (nSPS) is 17.8. The second kappa shape index (κ2) is 11.4. The summed E-state index contributed by atoms with van der Waals surface area (Å²) in [6.45, 7) is 2.81. The molecule has 1 aromatic heterocycles. The van der Waals surface area contributed by atoms with Gasteiger partial charge in [-0.1, -0.05) is 23.8 Å². The van der Waals surface area contributed by atoms with E-state index >= 15 is 0 Å². The number of amides is 2. The molecule has 1 N–H and O–H groups in total. The zero-order valence-corrected chi connectivity index (χ0v) is 21.0. The molecule has 35 heavy (non-hydrogen) atoms. The van der Waals surface area contributed by atoms with E-state index in [1.807, 2.05) is 48.7 Å². The molecule has 7 nitrogen and oxygen atoms in total. The largest absolute Gasteiger partial charge is 0.493 e. The number of anilines is 2. The first-order valence-corrected chi connectivity index (χ1v) is 12.4. The highest BCUT2D eigenvalue weighted by molar-refractivity contribution is 7.10. The monoisotopic (exact) mass is 494 g/mol. The van der Waals surface area contributed by atoms with Gasteiger partial charge in [-0.05, 0) is 49.1 Å². The summed E-state index contributed by atoms with van der Waals surface area (Å²) in [6.07, 6.45) is 0.783. The molecule has 2 heterocycles. The van der Waals surface area contributed by atoms with Gasteiger partial charge in [0.05, 0.1) is 25.7 Å². The van der Waals surface area contributed by atoms with E-state index in [0.717, 1.165) is 16.1 Å². The topological polar surface area (TPSA) is 77.1 Å². The molecule has 1 fully saturated rings. The van der Waals surface area contributed by atoms with Crippen molar-refractivity contribution in [2.45, 2.75) is 25.8 Å². The van der Waals surface area contributed by atoms with E-state index in [1.165, 1.54) is 0 Å². The van der Waals surface area contributed by atoms with E-state index in [4.69, 9.17) is 14.2 Å². The molecular formula is C27H30N2O5S. The number of methoxy groups -OCH3 is 2. The zero-order chi connectivity index (χ0) is 24.8. The molecule has 2 atom stereocenters. The molecule has 2 aromatic carbocycles. The predicted molar refractivity (Wildman–Crippen MR) is 137 cm³/mol. The predicted octanol–water partition coefficient (Wildman–Crippen LogP) is 5.21. The van der Waals surface area contributed by atoms with E-state index in [2.05, 4.69) is 5.32 Å².